The number of benzene rings is 1. The summed E-state index contributed by atoms with van der Waals surface area (Å²) in [5.74, 6) is 0. The van der Waals surface area contributed by atoms with Crippen molar-refractivity contribution in [2.24, 2.45) is 0 Å². The second kappa shape index (κ2) is 4.60. The van der Waals surface area contributed by atoms with Crippen LogP contribution < -0.4 is 4.90 Å². The number of fused-ring (bicyclic) bond motifs is 4. The monoisotopic (exact) mass is 329 g/mol. The SMILES string of the molecule is CC1(C)C2=CCCC3=C2N(c2ccccc21)c1cncnc1C3(C)C. The number of nitrogens with zero attached hydrogens (tertiary/aromatic N) is 3. The normalized spacial score (nSPS) is 21.9. The Bertz CT molecular complexity index is 963. The van der Waals surface area contributed by atoms with Crippen LogP contribution in [0.4, 0.5) is 11.4 Å². The molecule has 3 heteroatoms. The fourth-order valence-corrected chi connectivity index (χ4v) is 4.98. The van der Waals surface area contributed by atoms with Gasteiger partial charge in [-0.2, -0.15) is 0 Å². The molecular weight excluding hydrogens is 306 g/mol. The van der Waals surface area contributed by atoms with E-state index in [2.05, 4.69) is 67.9 Å². The topological polar surface area (TPSA) is 29.0 Å². The van der Waals surface area contributed by atoms with Gasteiger partial charge in [0, 0.05) is 10.8 Å². The van der Waals surface area contributed by atoms with E-state index in [4.69, 9.17) is 4.98 Å². The maximum Gasteiger partial charge on any atom is 0.115 e. The minimum Gasteiger partial charge on any atom is -0.307 e. The Morgan fingerprint density at radius 1 is 1.00 bits per heavy atom. The van der Waals surface area contributed by atoms with Crippen LogP contribution >= 0.6 is 0 Å². The predicted octanol–water partition coefficient (Wildman–Crippen LogP) is 5.17. The number of anilines is 2. The quantitative estimate of drug-likeness (QED) is 0.667. The van der Waals surface area contributed by atoms with E-state index in [1.54, 1.807) is 6.33 Å². The molecule has 0 N–H and O–H groups in total. The molecule has 25 heavy (non-hydrogen) atoms. The van der Waals surface area contributed by atoms with Gasteiger partial charge in [-0.25, -0.2) is 9.97 Å². The van der Waals surface area contributed by atoms with Crippen LogP contribution in [-0.2, 0) is 10.8 Å². The number of hydrogen-bond donors (Lipinski definition) is 0. The van der Waals surface area contributed by atoms with Crippen molar-refractivity contribution in [3.05, 3.63) is 71.0 Å². The van der Waals surface area contributed by atoms with Crippen LogP contribution in [-0.4, -0.2) is 9.97 Å². The molecule has 1 aliphatic carbocycles. The number of allylic oxidation sites excluding steroid dienone is 3. The van der Waals surface area contributed by atoms with E-state index in [-0.39, 0.29) is 10.8 Å². The lowest BCUT2D eigenvalue weighted by Crippen LogP contribution is -2.44. The molecule has 3 heterocycles. The van der Waals surface area contributed by atoms with Crippen molar-refractivity contribution in [3.8, 4) is 0 Å². The summed E-state index contributed by atoms with van der Waals surface area (Å²) in [7, 11) is 0. The molecule has 2 aliphatic heterocycles. The van der Waals surface area contributed by atoms with Crippen LogP contribution in [0.3, 0.4) is 0 Å². The minimum atomic E-state index is -0.0635. The van der Waals surface area contributed by atoms with Crippen LogP contribution in [0.25, 0.3) is 0 Å². The van der Waals surface area contributed by atoms with Gasteiger partial charge in [0.15, 0.2) is 0 Å². The summed E-state index contributed by atoms with van der Waals surface area (Å²) in [6.45, 7) is 9.34. The molecule has 3 nitrogen and oxygen atoms in total. The molecule has 0 spiro atoms. The summed E-state index contributed by atoms with van der Waals surface area (Å²) < 4.78 is 0. The maximum atomic E-state index is 4.71. The molecule has 2 aromatic rings. The summed E-state index contributed by atoms with van der Waals surface area (Å²) in [5.41, 5.74) is 9.21. The largest absolute Gasteiger partial charge is 0.307 e. The highest BCUT2D eigenvalue weighted by molar-refractivity contribution is 5.84. The van der Waals surface area contributed by atoms with Gasteiger partial charge in [-0.05, 0) is 35.6 Å². The molecule has 0 saturated heterocycles. The number of aromatic nitrogens is 2. The van der Waals surface area contributed by atoms with Crippen molar-refractivity contribution in [2.45, 2.75) is 51.4 Å². The van der Waals surface area contributed by atoms with Gasteiger partial charge in [-0.3, -0.25) is 0 Å². The lowest BCUT2D eigenvalue weighted by atomic mass is 9.64. The molecular formula is C22H23N3. The van der Waals surface area contributed by atoms with E-state index in [1.807, 2.05) is 6.20 Å². The van der Waals surface area contributed by atoms with Crippen molar-refractivity contribution in [1.29, 1.82) is 0 Å². The molecule has 5 rings (SSSR count). The van der Waals surface area contributed by atoms with E-state index in [9.17, 15) is 0 Å². The van der Waals surface area contributed by atoms with Gasteiger partial charge in [-0.1, -0.05) is 52.0 Å². The molecule has 0 amide bonds. The average Bonchev–Trinajstić information content (AvgIpc) is 2.61. The molecule has 3 aliphatic rings. The van der Waals surface area contributed by atoms with Crippen molar-refractivity contribution in [1.82, 2.24) is 9.97 Å². The molecule has 0 saturated carbocycles. The van der Waals surface area contributed by atoms with Gasteiger partial charge in [0.05, 0.1) is 29.0 Å². The highest BCUT2D eigenvalue weighted by Crippen LogP contribution is 2.58. The molecule has 1 aromatic carbocycles. The van der Waals surface area contributed by atoms with E-state index in [0.29, 0.717) is 0 Å². The zero-order valence-electron chi connectivity index (χ0n) is 15.3. The highest BCUT2D eigenvalue weighted by atomic mass is 15.2. The van der Waals surface area contributed by atoms with Crippen molar-refractivity contribution in [2.75, 3.05) is 4.90 Å². The third kappa shape index (κ3) is 1.71. The van der Waals surface area contributed by atoms with Crippen LogP contribution in [0.1, 0.15) is 51.8 Å². The van der Waals surface area contributed by atoms with Gasteiger partial charge < -0.3 is 4.90 Å². The first-order valence-electron chi connectivity index (χ1n) is 9.09. The van der Waals surface area contributed by atoms with Gasteiger partial charge in [0.2, 0.25) is 0 Å². The van der Waals surface area contributed by atoms with Gasteiger partial charge in [0.1, 0.15) is 6.33 Å². The fourth-order valence-electron chi connectivity index (χ4n) is 4.98. The van der Waals surface area contributed by atoms with Gasteiger partial charge in [-0.15, -0.1) is 0 Å². The first kappa shape index (κ1) is 14.9. The summed E-state index contributed by atoms with van der Waals surface area (Å²) in [4.78, 5) is 11.5. The first-order valence-corrected chi connectivity index (χ1v) is 9.09. The van der Waals surface area contributed by atoms with Gasteiger partial charge in [0.25, 0.3) is 0 Å². The fraction of sp³-hybridized carbons (Fsp3) is 0.364. The number of para-hydroxylation sites is 1. The standard InChI is InChI=1S/C22H23N3/c1-21(2)14-8-5-6-11-17(14)25-18-12-23-13-24-20(18)22(3,4)16-10-7-9-15(21)19(16)25/h5-6,8-9,11-13H,7,10H2,1-4H3. The van der Waals surface area contributed by atoms with Crippen LogP contribution in [0.5, 0.6) is 0 Å². The molecule has 0 radical (unpaired) electrons. The van der Waals surface area contributed by atoms with E-state index >= 15 is 0 Å². The lowest BCUT2D eigenvalue weighted by Gasteiger charge is -2.51. The Hall–Kier alpha value is -2.42. The second-order valence-corrected chi connectivity index (χ2v) is 8.34. The summed E-state index contributed by atoms with van der Waals surface area (Å²) in [6.07, 6.45) is 8.33. The Morgan fingerprint density at radius 2 is 1.80 bits per heavy atom. The van der Waals surface area contributed by atoms with Gasteiger partial charge >= 0.3 is 0 Å². The Labute approximate surface area is 149 Å². The molecule has 126 valence electrons. The van der Waals surface area contributed by atoms with E-state index in [0.717, 1.165) is 24.2 Å². The number of hydrogen-bond acceptors (Lipinski definition) is 3. The summed E-state index contributed by atoms with van der Waals surface area (Å²) in [6, 6.07) is 8.79. The minimum absolute atomic E-state index is 0.0112. The van der Waals surface area contributed by atoms with Crippen LogP contribution in [0, 0.1) is 0 Å². The maximum absolute atomic E-state index is 4.71. The second-order valence-electron chi connectivity index (χ2n) is 8.34. The Balaban J connectivity index is 1.94. The van der Waals surface area contributed by atoms with E-state index < -0.39 is 0 Å². The Morgan fingerprint density at radius 3 is 2.64 bits per heavy atom. The Kier molecular flexibility index (Phi) is 2.74. The van der Waals surface area contributed by atoms with Crippen molar-refractivity contribution in [3.63, 3.8) is 0 Å². The highest BCUT2D eigenvalue weighted by Gasteiger charge is 2.48. The van der Waals surface area contributed by atoms with Crippen LogP contribution in [0.2, 0.25) is 0 Å². The predicted molar refractivity (Wildman–Crippen MR) is 101 cm³/mol. The summed E-state index contributed by atoms with van der Waals surface area (Å²) in [5, 5.41) is 0. The summed E-state index contributed by atoms with van der Waals surface area (Å²) >= 11 is 0. The third-order valence-corrected chi connectivity index (χ3v) is 6.28. The molecule has 0 bridgehead atoms. The lowest BCUT2D eigenvalue weighted by molar-refractivity contribution is 0.519. The molecule has 0 atom stereocenters. The van der Waals surface area contributed by atoms with Crippen molar-refractivity contribution >= 4 is 11.4 Å². The first-order chi connectivity index (χ1) is 11.9. The zero-order valence-corrected chi connectivity index (χ0v) is 15.3. The smallest absolute Gasteiger partial charge is 0.115 e. The zero-order chi connectivity index (χ0) is 17.4. The third-order valence-electron chi connectivity index (χ3n) is 6.28. The van der Waals surface area contributed by atoms with Crippen molar-refractivity contribution < 1.29 is 0 Å². The number of rotatable bonds is 0. The molecule has 1 aromatic heterocycles. The average molecular weight is 329 g/mol. The van der Waals surface area contributed by atoms with E-state index in [1.165, 1.54) is 28.1 Å². The van der Waals surface area contributed by atoms with Crippen LogP contribution in [0.15, 0.2) is 59.7 Å². The molecule has 0 unspecified atom stereocenters. The molecule has 0 fully saturated rings.